The van der Waals surface area contributed by atoms with Crippen molar-refractivity contribution < 1.29 is 19.4 Å². The predicted molar refractivity (Wildman–Crippen MR) is 71.6 cm³/mol. The highest BCUT2D eigenvalue weighted by Gasteiger charge is 2.70. The quantitative estimate of drug-likeness (QED) is 0.461. The van der Waals surface area contributed by atoms with Crippen molar-refractivity contribution in [2.45, 2.75) is 34.3 Å². The topological polar surface area (TPSA) is 66.8 Å². The lowest BCUT2D eigenvalue weighted by Gasteiger charge is -2.48. The fourth-order valence-corrected chi connectivity index (χ4v) is 4.77. The first-order valence-corrected chi connectivity index (χ1v) is 7.53. The Hall–Kier alpha value is 0.0200. The van der Waals surface area contributed by atoms with Crippen LogP contribution in [0.5, 0.6) is 0 Å². The molecule has 2 fully saturated rings. The molecule has 2 saturated heterocycles. The van der Waals surface area contributed by atoms with Gasteiger partial charge >= 0.3 is 5.97 Å². The van der Waals surface area contributed by atoms with Crippen molar-refractivity contribution in [2.75, 3.05) is 12.7 Å². The molecule has 2 rings (SSSR count). The van der Waals surface area contributed by atoms with Crippen LogP contribution in [0.2, 0.25) is 0 Å². The lowest BCUT2D eigenvalue weighted by atomic mass is 9.92. The average molecular weight is 359 g/mol. The molecule has 102 valence electrons. The third-order valence-electron chi connectivity index (χ3n) is 3.24. The molecule has 1 amide bonds. The van der Waals surface area contributed by atoms with E-state index in [0.717, 1.165) is 0 Å². The summed E-state index contributed by atoms with van der Waals surface area (Å²) in [5, 5.41) is 9.05. The van der Waals surface area contributed by atoms with Gasteiger partial charge in [-0.1, -0.05) is 27.5 Å². The summed E-state index contributed by atoms with van der Waals surface area (Å²) in [5.41, 5.74) is 0. The number of nitrogens with zero attached hydrogens (tertiary/aromatic N) is 1. The van der Waals surface area contributed by atoms with Gasteiger partial charge in [0.15, 0.2) is 10.4 Å². The van der Waals surface area contributed by atoms with Crippen LogP contribution in [0.25, 0.3) is 0 Å². The van der Waals surface area contributed by atoms with E-state index in [0.29, 0.717) is 0 Å². The summed E-state index contributed by atoms with van der Waals surface area (Å²) in [6.07, 6.45) is 0. The van der Waals surface area contributed by atoms with Crippen LogP contribution in [0, 0.1) is 0 Å². The second-order valence-electron chi connectivity index (χ2n) is 4.78. The third kappa shape index (κ3) is 1.78. The number of ether oxygens (including phenoxy) is 1. The van der Waals surface area contributed by atoms with Gasteiger partial charge in [0, 0.05) is 4.75 Å². The van der Waals surface area contributed by atoms with E-state index in [9.17, 15) is 14.7 Å². The van der Waals surface area contributed by atoms with Gasteiger partial charge in [-0.15, -0.1) is 11.8 Å². The number of hydrogen-bond donors (Lipinski definition) is 1. The molecule has 2 heterocycles. The number of carbonyl (C=O) groups excluding carboxylic acids is 2. The lowest BCUT2D eigenvalue weighted by molar-refractivity contribution is -0.164. The number of alkyl halides is 2. The van der Waals surface area contributed by atoms with E-state index in [4.69, 9.17) is 16.3 Å². The van der Waals surface area contributed by atoms with Gasteiger partial charge in [-0.25, -0.2) is 4.79 Å². The first-order chi connectivity index (χ1) is 8.29. The fraction of sp³-hybridized carbons (Fsp3) is 0.800. The molecule has 0 aliphatic carbocycles. The Morgan fingerprint density at radius 2 is 2.28 bits per heavy atom. The third-order valence-corrected chi connectivity index (χ3v) is 6.36. The summed E-state index contributed by atoms with van der Waals surface area (Å²) < 4.78 is 3.35. The molecule has 0 spiro atoms. The minimum Gasteiger partial charge on any atom is -0.448 e. The molecular weight excluding hydrogens is 346 g/mol. The molecule has 0 aromatic heterocycles. The van der Waals surface area contributed by atoms with Crippen LogP contribution >= 0.6 is 39.3 Å². The van der Waals surface area contributed by atoms with Crippen molar-refractivity contribution in [3.63, 3.8) is 0 Å². The van der Waals surface area contributed by atoms with Gasteiger partial charge in [-0.05, 0) is 13.8 Å². The SMILES string of the molecule is CC1(C)S[C@H]2N(C(=O)[C@@]2(Br)CO)[C@H]1C(=O)OCCl. The second kappa shape index (κ2) is 4.54. The number of β-lactam (4-membered cyclic amide) rings is 1. The van der Waals surface area contributed by atoms with Crippen molar-refractivity contribution in [3.8, 4) is 0 Å². The highest BCUT2D eigenvalue weighted by Crippen LogP contribution is 2.57. The maximum Gasteiger partial charge on any atom is 0.331 e. The van der Waals surface area contributed by atoms with Crippen LogP contribution in [-0.4, -0.2) is 55.0 Å². The number of amides is 1. The number of thioether (sulfide) groups is 1. The van der Waals surface area contributed by atoms with Gasteiger partial charge in [0.1, 0.15) is 11.4 Å². The Bertz CT molecular complexity index is 407. The molecule has 1 N–H and O–H groups in total. The van der Waals surface area contributed by atoms with E-state index in [-0.39, 0.29) is 24.0 Å². The van der Waals surface area contributed by atoms with Gasteiger partial charge in [0.05, 0.1) is 6.61 Å². The zero-order valence-corrected chi connectivity index (χ0v) is 13.0. The maximum atomic E-state index is 12.1. The molecule has 8 heteroatoms. The molecule has 3 atom stereocenters. The zero-order chi connectivity index (χ0) is 13.7. The fourth-order valence-electron chi connectivity index (χ4n) is 2.35. The van der Waals surface area contributed by atoms with Gasteiger partial charge < -0.3 is 14.7 Å². The normalized spacial score (nSPS) is 37.2. The summed E-state index contributed by atoms with van der Waals surface area (Å²) >= 11 is 10.1. The highest BCUT2D eigenvalue weighted by molar-refractivity contribution is 9.10. The summed E-state index contributed by atoms with van der Waals surface area (Å²) in [4.78, 5) is 25.4. The van der Waals surface area contributed by atoms with Gasteiger partial charge in [-0.2, -0.15) is 0 Å². The molecule has 0 aromatic rings. The monoisotopic (exact) mass is 357 g/mol. The van der Waals surface area contributed by atoms with Crippen LogP contribution in [-0.2, 0) is 14.3 Å². The minimum atomic E-state index is -0.981. The molecule has 5 nitrogen and oxygen atoms in total. The minimum absolute atomic E-state index is 0.234. The van der Waals surface area contributed by atoms with E-state index < -0.39 is 21.1 Å². The number of hydrogen-bond acceptors (Lipinski definition) is 5. The van der Waals surface area contributed by atoms with Crippen molar-refractivity contribution in [1.82, 2.24) is 4.90 Å². The standard InChI is InChI=1S/C10H13BrClNO4S/c1-9(2)5(6(15)17-4-12)13-7(16)10(11,3-14)8(13)18-9/h5,8,14H,3-4H2,1-2H3/t5-,8+,10-/m0/s1. The zero-order valence-electron chi connectivity index (χ0n) is 9.85. The second-order valence-corrected chi connectivity index (χ2v) is 8.15. The van der Waals surface area contributed by atoms with Crippen LogP contribution in [0.3, 0.4) is 0 Å². The molecular formula is C10H13BrClNO4S. The van der Waals surface area contributed by atoms with E-state index in [2.05, 4.69) is 15.9 Å². The van der Waals surface area contributed by atoms with Crippen molar-refractivity contribution in [1.29, 1.82) is 0 Å². The molecule has 0 bridgehead atoms. The number of carbonyl (C=O) groups is 2. The van der Waals surface area contributed by atoms with E-state index in [1.807, 2.05) is 13.8 Å². The molecule has 2 aliphatic heterocycles. The van der Waals surface area contributed by atoms with Gasteiger partial charge in [-0.3, -0.25) is 4.79 Å². The Morgan fingerprint density at radius 1 is 1.67 bits per heavy atom. The molecule has 18 heavy (non-hydrogen) atoms. The number of esters is 1. The number of fused-ring (bicyclic) bond motifs is 1. The van der Waals surface area contributed by atoms with Crippen molar-refractivity contribution in [2.24, 2.45) is 0 Å². The lowest BCUT2D eigenvalue weighted by Crippen LogP contribution is -2.72. The van der Waals surface area contributed by atoms with Gasteiger partial charge in [0.25, 0.3) is 0 Å². The molecule has 2 aliphatic rings. The molecule has 0 saturated carbocycles. The Kier molecular flexibility index (Phi) is 3.64. The van der Waals surface area contributed by atoms with Crippen LogP contribution in [0.1, 0.15) is 13.8 Å². The first kappa shape index (κ1) is 14.4. The van der Waals surface area contributed by atoms with E-state index >= 15 is 0 Å². The molecule has 0 radical (unpaired) electrons. The van der Waals surface area contributed by atoms with Crippen molar-refractivity contribution in [3.05, 3.63) is 0 Å². The Balaban J connectivity index is 2.28. The van der Waals surface area contributed by atoms with E-state index in [1.54, 1.807) is 0 Å². The number of halogens is 2. The molecule has 0 unspecified atom stereocenters. The summed E-state index contributed by atoms with van der Waals surface area (Å²) in [6, 6.07) is -0.904. The number of rotatable bonds is 3. The first-order valence-electron chi connectivity index (χ1n) is 5.32. The Labute approximate surface area is 122 Å². The largest absolute Gasteiger partial charge is 0.448 e. The van der Waals surface area contributed by atoms with Crippen LogP contribution in [0.4, 0.5) is 0 Å². The smallest absolute Gasteiger partial charge is 0.331 e. The summed E-state index contributed by atoms with van der Waals surface area (Å²) in [7, 11) is 0. The molecule has 0 aromatic carbocycles. The predicted octanol–water partition coefficient (Wildman–Crippen LogP) is 0.914. The highest BCUT2D eigenvalue weighted by atomic mass is 79.9. The van der Waals surface area contributed by atoms with Crippen LogP contribution in [0.15, 0.2) is 0 Å². The summed E-state index contributed by atoms with van der Waals surface area (Å²) in [6.45, 7) is 3.44. The van der Waals surface area contributed by atoms with Crippen LogP contribution < -0.4 is 0 Å². The maximum absolute atomic E-state index is 12.1. The summed E-state index contributed by atoms with van der Waals surface area (Å²) in [5.74, 6) is -0.796. The average Bonchev–Trinajstić information content (AvgIpc) is 2.58. The number of aliphatic hydroxyl groups is 1. The Morgan fingerprint density at radius 3 is 2.78 bits per heavy atom. The number of aliphatic hydroxyl groups excluding tert-OH is 1. The van der Waals surface area contributed by atoms with Crippen molar-refractivity contribution >= 4 is 51.2 Å². The van der Waals surface area contributed by atoms with E-state index in [1.165, 1.54) is 16.7 Å². The van der Waals surface area contributed by atoms with Gasteiger partial charge in [0.2, 0.25) is 5.91 Å².